The van der Waals surface area contributed by atoms with Crippen molar-refractivity contribution in [2.45, 2.75) is 32.2 Å². The van der Waals surface area contributed by atoms with E-state index in [0.717, 1.165) is 0 Å². The highest BCUT2D eigenvalue weighted by atomic mass is 35.5. The van der Waals surface area contributed by atoms with E-state index in [4.69, 9.17) is 16.3 Å². The van der Waals surface area contributed by atoms with Gasteiger partial charge in [-0.3, -0.25) is 4.79 Å². The minimum Gasteiger partial charge on any atom is -0.496 e. The van der Waals surface area contributed by atoms with Crippen molar-refractivity contribution >= 4 is 23.5 Å². The van der Waals surface area contributed by atoms with Crippen LogP contribution in [0, 0.1) is 0 Å². The maximum atomic E-state index is 12.3. The van der Waals surface area contributed by atoms with E-state index in [1.165, 1.54) is 13.2 Å². The van der Waals surface area contributed by atoms with Crippen LogP contribution >= 0.6 is 11.6 Å². The first-order chi connectivity index (χ1) is 9.40. The van der Waals surface area contributed by atoms with Crippen molar-refractivity contribution in [2.75, 3.05) is 7.11 Å². The number of carbonyl (C=O) groups excluding carboxylic acids is 1. The van der Waals surface area contributed by atoms with Gasteiger partial charge in [0, 0.05) is 5.02 Å². The van der Waals surface area contributed by atoms with Crippen LogP contribution in [0.15, 0.2) is 18.2 Å². The van der Waals surface area contributed by atoms with Gasteiger partial charge >= 0.3 is 5.97 Å². The standard InChI is InChI=1S/C14H18ClNO4/c1-4-14(5-2,13(18)19)16-12(17)10-8-9(15)6-7-11(10)20-3/h6-8H,4-5H2,1-3H3,(H,16,17)(H,18,19). The summed E-state index contributed by atoms with van der Waals surface area (Å²) in [5.74, 6) is -1.23. The van der Waals surface area contributed by atoms with E-state index < -0.39 is 17.4 Å². The minimum absolute atomic E-state index is 0.215. The number of nitrogens with one attached hydrogen (secondary N) is 1. The molecule has 20 heavy (non-hydrogen) atoms. The van der Waals surface area contributed by atoms with E-state index in [-0.39, 0.29) is 18.4 Å². The number of hydrogen-bond acceptors (Lipinski definition) is 3. The van der Waals surface area contributed by atoms with Crippen LogP contribution in [-0.4, -0.2) is 29.6 Å². The molecule has 0 saturated carbocycles. The van der Waals surface area contributed by atoms with Crippen molar-refractivity contribution in [1.82, 2.24) is 5.32 Å². The Morgan fingerprint density at radius 2 is 1.95 bits per heavy atom. The zero-order chi connectivity index (χ0) is 15.3. The lowest BCUT2D eigenvalue weighted by atomic mass is 9.92. The Balaban J connectivity index is 3.12. The highest BCUT2D eigenvalue weighted by molar-refractivity contribution is 6.31. The third kappa shape index (κ3) is 3.22. The third-order valence-electron chi connectivity index (χ3n) is 3.38. The van der Waals surface area contributed by atoms with E-state index >= 15 is 0 Å². The molecule has 6 heteroatoms. The molecule has 5 nitrogen and oxygen atoms in total. The van der Waals surface area contributed by atoms with Crippen molar-refractivity contribution < 1.29 is 19.4 Å². The van der Waals surface area contributed by atoms with Gasteiger partial charge in [0.25, 0.3) is 5.91 Å². The van der Waals surface area contributed by atoms with Crippen molar-refractivity contribution in [3.63, 3.8) is 0 Å². The number of methoxy groups -OCH3 is 1. The Morgan fingerprint density at radius 3 is 2.40 bits per heavy atom. The molecule has 0 radical (unpaired) electrons. The number of ether oxygens (including phenoxy) is 1. The molecule has 1 aromatic rings. The van der Waals surface area contributed by atoms with Crippen LogP contribution in [0.4, 0.5) is 0 Å². The molecule has 1 rings (SSSR count). The minimum atomic E-state index is -1.29. The number of hydrogen-bond donors (Lipinski definition) is 2. The topological polar surface area (TPSA) is 75.6 Å². The summed E-state index contributed by atoms with van der Waals surface area (Å²) in [7, 11) is 1.43. The lowest BCUT2D eigenvalue weighted by Crippen LogP contribution is -2.53. The monoisotopic (exact) mass is 299 g/mol. The van der Waals surface area contributed by atoms with E-state index in [9.17, 15) is 14.7 Å². The highest BCUT2D eigenvalue weighted by Crippen LogP contribution is 2.24. The molecule has 0 unspecified atom stereocenters. The number of halogens is 1. The van der Waals surface area contributed by atoms with Gasteiger partial charge in [-0.25, -0.2) is 4.79 Å². The first-order valence-corrected chi connectivity index (χ1v) is 6.67. The molecule has 110 valence electrons. The average Bonchev–Trinajstić information content (AvgIpc) is 2.44. The number of benzene rings is 1. The Hall–Kier alpha value is -1.75. The summed E-state index contributed by atoms with van der Waals surface area (Å²) in [5.41, 5.74) is -1.07. The van der Waals surface area contributed by atoms with Crippen molar-refractivity contribution in [3.8, 4) is 5.75 Å². The number of carboxylic acids is 1. The molecule has 0 spiro atoms. The van der Waals surface area contributed by atoms with Gasteiger partial charge in [0.05, 0.1) is 12.7 Å². The molecule has 0 aliphatic heterocycles. The highest BCUT2D eigenvalue weighted by Gasteiger charge is 2.37. The summed E-state index contributed by atoms with van der Waals surface area (Å²) in [5, 5.41) is 12.3. The maximum absolute atomic E-state index is 12.3. The zero-order valence-electron chi connectivity index (χ0n) is 11.7. The van der Waals surface area contributed by atoms with Gasteiger partial charge in [-0.05, 0) is 31.0 Å². The number of rotatable bonds is 6. The number of amides is 1. The molecule has 0 bridgehead atoms. The predicted molar refractivity (Wildman–Crippen MR) is 76.4 cm³/mol. The van der Waals surface area contributed by atoms with Crippen molar-refractivity contribution in [1.29, 1.82) is 0 Å². The van der Waals surface area contributed by atoms with Gasteiger partial charge in [-0.1, -0.05) is 25.4 Å². The fourth-order valence-corrected chi connectivity index (χ4v) is 2.10. The zero-order valence-corrected chi connectivity index (χ0v) is 12.5. The first kappa shape index (κ1) is 16.3. The fraction of sp³-hybridized carbons (Fsp3) is 0.429. The summed E-state index contributed by atoms with van der Waals surface area (Å²) < 4.78 is 5.10. The predicted octanol–water partition coefficient (Wildman–Crippen LogP) is 2.72. The molecule has 0 heterocycles. The second kappa shape index (κ2) is 6.61. The molecular formula is C14H18ClNO4. The van der Waals surface area contributed by atoms with Crippen molar-refractivity contribution in [2.24, 2.45) is 0 Å². The molecule has 0 aromatic heterocycles. The number of carbonyl (C=O) groups is 2. The third-order valence-corrected chi connectivity index (χ3v) is 3.61. The molecule has 0 saturated heterocycles. The molecule has 0 aliphatic rings. The van der Waals surface area contributed by atoms with Gasteiger partial charge in [0.2, 0.25) is 0 Å². The van der Waals surface area contributed by atoms with E-state index in [1.54, 1.807) is 26.0 Å². The van der Waals surface area contributed by atoms with Crippen LogP contribution in [0.1, 0.15) is 37.0 Å². The molecule has 0 fully saturated rings. The second-order valence-corrected chi connectivity index (χ2v) is 4.83. The van der Waals surface area contributed by atoms with Gasteiger partial charge < -0.3 is 15.2 Å². The first-order valence-electron chi connectivity index (χ1n) is 6.29. The molecule has 0 atom stereocenters. The quantitative estimate of drug-likeness (QED) is 0.847. The lowest BCUT2D eigenvalue weighted by Gasteiger charge is -2.28. The molecular weight excluding hydrogens is 282 g/mol. The summed E-state index contributed by atoms with van der Waals surface area (Å²) >= 11 is 5.87. The Morgan fingerprint density at radius 1 is 1.35 bits per heavy atom. The molecule has 1 amide bonds. The van der Waals surface area contributed by atoms with Crippen molar-refractivity contribution in [3.05, 3.63) is 28.8 Å². The Kier molecular flexibility index (Phi) is 5.39. The number of carboxylic acid groups (broad SMARTS) is 1. The van der Waals surface area contributed by atoms with Crippen LogP contribution in [0.3, 0.4) is 0 Å². The number of aliphatic carboxylic acids is 1. The molecule has 0 aliphatic carbocycles. The fourth-order valence-electron chi connectivity index (χ4n) is 1.92. The van der Waals surface area contributed by atoms with Crippen LogP contribution in [-0.2, 0) is 4.79 Å². The van der Waals surface area contributed by atoms with E-state index in [2.05, 4.69) is 5.32 Å². The smallest absolute Gasteiger partial charge is 0.329 e. The largest absolute Gasteiger partial charge is 0.496 e. The van der Waals surface area contributed by atoms with Crippen LogP contribution in [0.2, 0.25) is 5.02 Å². The van der Waals surface area contributed by atoms with Gasteiger partial charge in [0.15, 0.2) is 0 Å². The lowest BCUT2D eigenvalue weighted by molar-refractivity contribution is -0.144. The van der Waals surface area contributed by atoms with Gasteiger partial charge in [-0.15, -0.1) is 0 Å². The summed E-state index contributed by atoms with van der Waals surface area (Å²) in [6.45, 7) is 3.43. The normalized spacial score (nSPS) is 11.0. The average molecular weight is 300 g/mol. The SMILES string of the molecule is CCC(CC)(NC(=O)c1cc(Cl)ccc1OC)C(=O)O. The summed E-state index contributed by atoms with van der Waals surface area (Å²) in [6, 6.07) is 4.62. The Labute approximate surface area is 122 Å². The van der Waals surface area contributed by atoms with Crippen LogP contribution < -0.4 is 10.1 Å². The van der Waals surface area contributed by atoms with Crippen LogP contribution in [0.5, 0.6) is 5.75 Å². The van der Waals surface area contributed by atoms with Gasteiger partial charge in [-0.2, -0.15) is 0 Å². The summed E-state index contributed by atoms with van der Waals surface area (Å²) in [6.07, 6.45) is 0.570. The Bertz CT molecular complexity index is 512. The molecule has 2 N–H and O–H groups in total. The van der Waals surface area contributed by atoms with E-state index in [0.29, 0.717) is 10.8 Å². The van der Waals surface area contributed by atoms with Gasteiger partial charge in [0.1, 0.15) is 11.3 Å². The summed E-state index contributed by atoms with van der Waals surface area (Å²) in [4.78, 5) is 23.7. The van der Waals surface area contributed by atoms with E-state index in [1.807, 2.05) is 0 Å². The second-order valence-electron chi connectivity index (χ2n) is 4.39. The molecule has 1 aromatic carbocycles. The maximum Gasteiger partial charge on any atom is 0.329 e. The van der Waals surface area contributed by atoms with Crippen LogP contribution in [0.25, 0.3) is 0 Å².